The normalized spacial score (nSPS) is 14.2. The number of pyridine rings is 1. The lowest BCUT2D eigenvalue weighted by Crippen LogP contribution is -2.49. The maximum absolute atomic E-state index is 12.3. The molecule has 3 aromatic heterocycles. The molecule has 1 aliphatic heterocycles. The van der Waals surface area contributed by atoms with Gasteiger partial charge in [-0.2, -0.15) is 0 Å². The minimum atomic E-state index is -0.304. The number of carbonyl (C=O) groups is 2. The van der Waals surface area contributed by atoms with Gasteiger partial charge < -0.3 is 24.1 Å². The molecule has 1 N–H and O–H groups in total. The van der Waals surface area contributed by atoms with Gasteiger partial charge in [0.1, 0.15) is 11.6 Å². The Kier molecular flexibility index (Phi) is 4.79. The fourth-order valence-corrected chi connectivity index (χ4v) is 3.02. The van der Waals surface area contributed by atoms with E-state index in [2.05, 4.69) is 20.4 Å². The largest absolute Gasteiger partial charge is 0.459 e. The summed E-state index contributed by atoms with van der Waals surface area (Å²) in [6, 6.07) is 8.52. The zero-order valence-corrected chi connectivity index (χ0v) is 15.3. The van der Waals surface area contributed by atoms with Crippen LogP contribution in [-0.4, -0.2) is 53.0 Å². The van der Waals surface area contributed by atoms with Crippen molar-refractivity contribution in [1.82, 2.24) is 15.0 Å². The van der Waals surface area contributed by atoms with Crippen LogP contribution in [0.3, 0.4) is 0 Å². The molecule has 28 heavy (non-hydrogen) atoms. The highest BCUT2D eigenvalue weighted by Gasteiger charge is 2.24. The molecule has 0 aromatic carbocycles. The van der Waals surface area contributed by atoms with E-state index in [9.17, 15) is 9.59 Å². The predicted octanol–water partition coefficient (Wildman–Crippen LogP) is 2.19. The van der Waals surface area contributed by atoms with Gasteiger partial charge in [0.2, 0.25) is 0 Å². The Morgan fingerprint density at radius 1 is 1.14 bits per heavy atom. The van der Waals surface area contributed by atoms with Gasteiger partial charge in [-0.3, -0.25) is 9.59 Å². The molecule has 4 heterocycles. The highest BCUT2D eigenvalue weighted by molar-refractivity contribution is 6.03. The Balaban J connectivity index is 1.34. The number of rotatable bonds is 4. The first-order valence-corrected chi connectivity index (χ1v) is 8.88. The lowest BCUT2D eigenvalue weighted by atomic mass is 10.2. The Morgan fingerprint density at radius 2 is 1.96 bits per heavy atom. The van der Waals surface area contributed by atoms with Crippen molar-refractivity contribution in [3.63, 3.8) is 0 Å². The van der Waals surface area contributed by atoms with Crippen LogP contribution in [0.1, 0.15) is 26.7 Å². The number of hydrogen-bond acceptors (Lipinski definition) is 7. The smallest absolute Gasteiger partial charge is 0.289 e. The van der Waals surface area contributed by atoms with Crippen LogP contribution in [0, 0.1) is 6.92 Å². The Hall–Kier alpha value is -3.62. The highest BCUT2D eigenvalue weighted by Crippen LogP contribution is 2.17. The summed E-state index contributed by atoms with van der Waals surface area (Å²) >= 11 is 0. The second-order valence-corrected chi connectivity index (χ2v) is 6.44. The van der Waals surface area contributed by atoms with Gasteiger partial charge in [0.25, 0.3) is 11.8 Å². The summed E-state index contributed by atoms with van der Waals surface area (Å²) in [4.78, 5) is 32.8. The molecule has 0 saturated carbocycles. The van der Waals surface area contributed by atoms with E-state index in [1.807, 2.05) is 0 Å². The number of nitrogens with zero attached hydrogens (tertiary/aromatic N) is 4. The van der Waals surface area contributed by atoms with Gasteiger partial charge in [-0.15, -0.1) is 0 Å². The van der Waals surface area contributed by atoms with Crippen LogP contribution in [-0.2, 0) is 0 Å². The van der Waals surface area contributed by atoms with Crippen molar-refractivity contribution in [3.8, 4) is 0 Å². The molecule has 0 unspecified atom stereocenters. The Morgan fingerprint density at radius 3 is 2.57 bits per heavy atom. The number of nitrogens with one attached hydrogen (secondary N) is 1. The lowest BCUT2D eigenvalue weighted by Gasteiger charge is -2.35. The topological polar surface area (TPSA) is 105 Å². The number of amides is 2. The molecule has 0 aliphatic carbocycles. The average molecular weight is 381 g/mol. The minimum absolute atomic E-state index is 0.104. The van der Waals surface area contributed by atoms with E-state index in [4.69, 9.17) is 8.94 Å². The first kappa shape index (κ1) is 17.8. The molecule has 0 atom stereocenters. The Labute approximate surface area is 160 Å². The second-order valence-electron chi connectivity index (χ2n) is 6.44. The quantitative estimate of drug-likeness (QED) is 0.738. The summed E-state index contributed by atoms with van der Waals surface area (Å²) in [6.07, 6.45) is 3.02. The first-order chi connectivity index (χ1) is 13.6. The molecule has 0 spiro atoms. The summed E-state index contributed by atoms with van der Waals surface area (Å²) in [5.74, 6) is 1.69. The second kappa shape index (κ2) is 7.55. The van der Waals surface area contributed by atoms with Crippen LogP contribution in [0.2, 0.25) is 0 Å². The number of furan rings is 1. The van der Waals surface area contributed by atoms with Gasteiger partial charge >= 0.3 is 0 Å². The highest BCUT2D eigenvalue weighted by atomic mass is 16.5. The first-order valence-electron chi connectivity index (χ1n) is 8.88. The van der Waals surface area contributed by atoms with Gasteiger partial charge in [0, 0.05) is 38.4 Å². The van der Waals surface area contributed by atoms with Crippen molar-refractivity contribution in [3.05, 3.63) is 59.9 Å². The number of aryl methyl sites for hydroxylation is 1. The lowest BCUT2D eigenvalue weighted by molar-refractivity contribution is 0.0714. The van der Waals surface area contributed by atoms with E-state index >= 15 is 0 Å². The van der Waals surface area contributed by atoms with Crippen LogP contribution in [0.4, 0.5) is 11.6 Å². The van der Waals surface area contributed by atoms with Gasteiger partial charge in [-0.1, -0.05) is 5.16 Å². The van der Waals surface area contributed by atoms with Gasteiger partial charge in [0.05, 0.1) is 11.8 Å². The zero-order valence-electron chi connectivity index (χ0n) is 15.3. The van der Waals surface area contributed by atoms with Crippen molar-refractivity contribution in [2.75, 3.05) is 36.4 Å². The number of hydrogen-bond donors (Lipinski definition) is 1. The van der Waals surface area contributed by atoms with Crippen LogP contribution >= 0.6 is 0 Å². The van der Waals surface area contributed by atoms with Crippen molar-refractivity contribution in [1.29, 1.82) is 0 Å². The number of aromatic nitrogens is 2. The van der Waals surface area contributed by atoms with Crippen molar-refractivity contribution in [2.45, 2.75) is 6.92 Å². The summed E-state index contributed by atoms with van der Waals surface area (Å²) < 4.78 is 10.1. The summed E-state index contributed by atoms with van der Waals surface area (Å²) in [5, 5.41) is 6.40. The van der Waals surface area contributed by atoms with Crippen LogP contribution in [0.15, 0.2) is 51.7 Å². The number of carbonyl (C=O) groups excluding carboxylic acids is 2. The summed E-state index contributed by atoms with van der Waals surface area (Å²) in [6.45, 7) is 4.22. The molecule has 1 aliphatic rings. The summed E-state index contributed by atoms with van der Waals surface area (Å²) in [5.41, 5.74) is 0.427. The Bertz CT molecular complexity index is 957. The van der Waals surface area contributed by atoms with Crippen molar-refractivity contribution in [2.24, 2.45) is 0 Å². The van der Waals surface area contributed by atoms with Gasteiger partial charge in [-0.25, -0.2) is 4.98 Å². The SMILES string of the molecule is Cc1cc(NC(=O)c2ccc(N3CCN(C(=O)c4ccco4)CC3)nc2)no1. The molecule has 9 nitrogen and oxygen atoms in total. The van der Waals surface area contributed by atoms with Crippen LogP contribution in [0.25, 0.3) is 0 Å². The maximum atomic E-state index is 12.3. The van der Waals surface area contributed by atoms with Crippen molar-refractivity contribution < 1.29 is 18.5 Å². The molecule has 4 rings (SSSR count). The minimum Gasteiger partial charge on any atom is -0.459 e. The van der Waals surface area contributed by atoms with Crippen molar-refractivity contribution >= 4 is 23.5 Å². The third-order valence-corrected chi connectivity index (χ3v) is 4.50. The monoisotopic (exact) mass is 381 g/mol. The van der Waals surface area contributed by atoms with E-state index in [0.29, 0.717) is 49.1 Å². The molecule has 0 radical (unpaired) electrons. The average Bonchev–Trinajstić information content (AvgIpc) is 3.40. The third kappa shape index (κ3) is 3.73. The van der Waals surface area contributed by atoms with E-state index < -0.39 is 0 Å². The number of anilines is 2. The van der Waals surface area contributed by atoms with Gasteiger partial charge in [-0.05, 0) is 31.2 Å². The molecule has 1 saturated heterocycles. The molecule has 2 amide bonds. The van der Waals surface area contributed by atoms with E-state index in [1.165, 1.54) is 12.5 Å². The fraction of sp³-hybridized carbons (Fsp3) is 0.263. The summed E-state index contributed by atoms with van der Waals surface area (Å²) in [7, 11) is 0. The molecule has 1 fully saturated rings. The van der Waals surface area contributed by atoms with E-state index in [1.54, 1.807) is 42.2 Å². The fourth-order valence-electron chi connectivity index (χ4n) is 3.02. The van der Waals surface area contributed by atoms with E-state index in [0.717, 1.165) is 5.82 Å². The molecule has 0 bridgehead atoms. The third-order valence-electron chi connectivity index (χ3n) is 4.50. The number of piperazine rings is 1. The molecular weight excluding hydrogens is 362 g/mol. The standard InChI is InChI=1S/C19H19N5O4/c1-13-11-16(22-28-13)21-18(25)14-4-5-17(20-12-14)23-6-8-24(9-7-23)19(26)15-3-2-10-27-15/h2-5,10-12H,6-9H2,1H3,(H,21,22,25). The molecule has 3 aromatic rings. The zero-order chi connectivity index (χ0) is 19.5. The maximum Gasteiger partial charge on any atom is 0.289 e. The van der Waals surface area contributed by atoms with E-state index in [-0.39, 0.29) is 11.8 Å². The molecule has 9 heteroatoms. The molecule has 144 valence electrons. The van der Waals surface area contributed by atoms with Crippen LogP contribution < -0.4 is 10.2 Å². The molecular formula is C19H19N5O4. The van der Waals surface area contributed by atoms with Crippen LogP contribution in [0.5, 0.6) is 0 Å². The van der Waals surface area contributed by atoms with Gasteiger partial charge in [0.15, 0.2) is 11.6 Å². The predicted molar refractivity (Wildman–Crippen MR) is 100 cm³/mol.